The maximum absolute atomic E-state index is 13.2. The molecule has 0 saturated carbocycles. The first kappa shape index (κ1) is 14.0. The Hall–Kier alpha value is -1.39. The average molecular weight is 279 g/mol. The number of hydrogen-bond donors (Lipinski definition) is 2. The van der Waals surface area contributed by atoms with E-state index < -0.39 is 5.82 Å². The fraction of sp³-hybridized carbons (Fsp3) is 0.333. The van der Waals surface area contributed by atoms with Crippen molar-refractivity contribution in [1.82, 2.24) is 5.32 Å². The van der Waals surface area contributed by atoms with Gasteiger partial charge in [0.05, 0.1) is 0 Å². The fourth-order valence-corrected chi connectivity index (χ4v) is 2.94. The number of phenolic OH excluding ortho intramolecular Hbond substituents is 1. The monoisotopic (exact) mass is 279 g/mol. The Kier molecular flexibility index (Phi) is 4.93. The van der Waals surface area contributed by atoms with Crippen molar-refractivity contribution in [2.24, 2.45) is 0 Å². The lowest BCUT2D eigenvalue weighted by atomic mass is 10.1. The standard InChI is InChI=1S/C15H18FNOS/c1-2-4-14(15-5-3-6-19-15)17-10-11-7-12(16)9-13(18)8-11/h3,5-9,14,17-18H,2,4,10H2,1H3. The molecule has 0 fully saturated rings. The molecule has 19 heavy (non-hydrogen) atoms. The second-order valence-electron chi connectivity index (χ2n) is 4.56. The van der Waals surface area contributed by atoms with Gasteiger partial charge in [0.1, 0.15) is 11.6 Å². The van der Waals surface area contributed by atoms with Gasteiger partial charge in [0, 0.05) is 23.5 Å². The average Bonchev–Trinajstić information content (AvgIpc) is 2.87. The lowest BCUT2D eigenvalue weighted by Gasteiger charge is -2.17. The van der Waals surface area contributed by atoms with Crippen molar-refractivity contribution in [3.63, 3.8) is 0 Å². The van der Waals surface area contributed by atoms with Gasteiger partial charge in [0.15, 0.2) is 0 Å². The van der Waals surface area contributed by atoms with Crippen LogP contribution in [0.15, 0.2) is 35.7 Å². The summed E-state index contributed by atoms with van der Waals surface area (Å²) in [5, 5.41) is 14.9. The van der Waals surface area contributed by atoms with Gasteiger partial charge in [-0.2, -0.15) is 0 Å². The molecule has 0 saturated heterocycles. The highest BCUT2D eigenvalue weighted by Crippen LogP contribution is 2.24. The van der Waals surface area contributed by atoms with Crippen molar-refractivity contribution in [2.45, 2.75) is 32.4 Å². The van der Waals surface area contributed by atoms with Crippen LogP contribution in [0, 0.1) is 5.82 Å². The summed E-state index contributed by atoms with van der Waals surface area (Å²) in [5.41, 5.74) is 0.759. The number of rotatable bonds is 6. The SMILES string of the molecule is CCCC(NCc1cc(O)cc(F)c1)c1cccs1. The molecule has 1 aromatic heterocycles. The maximum Gasteiger partial charge on any atom is 0.127 e. The molecule has 2 nitrogen and oxygen atoms in total. The summed E-state index contributed by atoms with van der Waals surface area (Å²) < 4.78 is 13.2. The molecule has 0 bridgehead atoms. The van der Waals surface area contributed by atoms with E-state index >= 15 is 0 Å². The van der Waals surface area contributed by atoms with Gasteiger partial charge in [-0.15, -0.1) is 11.3 Å². The zero-order valence-electron chi connectivity index (χ0n) is 10.9. The van der Waals surface area contributed by atoms with Crippen LogP contribution in [-0.2, 0) is 6.54 Å². The first-order valence-electron chi connectivity index (χ1n) is 6.44. The van der Waals surface area contributed by atoms with E-state index in [9.17, 15) is 9.50 Å². The van der Waals surface area contributed by atoms with Crippen LogP contribution in [0.3, 0.4) is 0 Å². The molecule has 2 aromatic rings. The van der Waals surface area contributed by atoms with Crippen LogP contribution in [0.1, 0.15) is 36.2 Å². The van der Waals surface area contributed by atoms with Crippen LogP contribution in [-0.4, -0.2) is 5.11 Å². The number of nitrogens with one attached hydrogen (secondary N) is 1. The molecule has 0 aliphatic heterocycles. The fourth-order valence-electron chi connectivity index (χ4n) is 2.10. The Morgan fingerprint density at radius 3 is 2.84 bits per heavy atom. The number of aromatic hydroxyl groups is 1. The highest BCUT2D eigenvalue weighted by atomic mass is 32.1. The van der Waals surface area contributed by atoms with Gasteiger partial charge >= 0.3 is 0 Å². The summed E-state index contributed by atoms with van der Waals surface area (Å²) in [7, 11) is 0. The minimum Gasteiger partial charge on any atom is -0.508 e. The summed E-state index contributed by atoms with van der Waals surface area (Å²) in [4.78, 5) is 1.29. The van der Waals surface area contributed by atoms with Gasteiger partial charge in [-0.25, -0.2) is 4.39 Å². The highest BCUT2D eigenvalue weighted by Gasteiger charge is 2.11. The van der Waals surface area contributed by atoms with Gasteiger partial charge in [-0.05, 0) is 35.6 Å². The maximum atomic E-state index is 13.2. The Morgan fingerprint density at radius 1 is 1.37 bits per heavy atom. The van der Waals surface area contributed by atoms with Crippen molar-refractivity contribution in [2.75, 3.05) is 0 Å². The predicted octanol–water partition coefficient (Wildman–Crippen LogP) is 4.22. The summed E-state index contributed by atoms with van der Waals surface area (Å²) in [6.07, 6.45) is 2.13. The second-order valence-corrected chi connectivity index (χ2v) is 5.53. The van der Waals surface area contributed by atoms with Crippen LogP contribution in [0.25, 0.3) is 0 Å². The summed E-state index contributed by atoms with van der Waals surface area (Å²) in [5.74, 6) is -0.431. The molecule has 1 heterocycles. The number of benzene rings is 1. The lowest BCUT2D eigenvalue weighted by Crippen LogP contribution is -2.20. The van der Waals surface area contributed by atoms with E-state index in [-0.39, 0.29) is 11.8 Å². The van der Waals surface area contributed by atoms with Gasteiger partial charge < -0.3 is 10.4 Å². The number of thiophene rings is 1. The molecule has 102 valence electrons. The van der Waals surface area contributed by atoms with Crippen molar-refractivity contribution < 1.29 is 9.50 Å². The van der Waals surface area contributed by atoms with E-state index in [1.165, 1.54) is 10.9 Å². The quantitative estimate of drug-likeness (QED) is 0.829. The second kappa shape index (κ2) is 6.68. The molecule has 0 aliphatic carbocycles. The first-order valence-corrected chi connectivity index (χ1v) is 7.32. The van der Waals surface area contributed by atoms with Gasteiger partial charge in [0.25, 0.3) is 0 Å². The van der Waals surface area contributed by atoms with Crippen molar-refractivity contribution >= 4 is 11.3 Å². The molecule has 0 spiro atoms. The molecule has 4 heteroatoms. The van der Waals surface area contributed by atoms with E-state index in [0.717, 1.165) is 24.5 Å². The Morgan fingerprint density at radius 2 is 2.21 bits per heavy atom. The normalized spacial score (nSPS) is 12.5. The molecular weight excluding hydrogens is 261 g/mol. The van der Waals surface area contributed by atoms with Crippen LogP contribution in [0.5, 0.6) is 5.75 Å². The Bertz CT molecular complexity index is 493. The zero-order chi connectivity index (χ0) is 13.7. The van der Waals surface area contributed by atoms with Gasteiger partial charge in [0.2, 0.25) is 0 Å². The molecule has 0 radical (unpaired) electrons. The minimum absolute atomic E-state index is 0.0278. The molecule has 0 aliphatic rings. The third-order valence-corrected chi connectivity index (χ3v) is 3.94. The van der Waals surface area contributed by atoms with Crippen molar-refractivity contribution in [3.05, 3.63) is 52.0 Å². The summed E-state index contributed by atoms with van der Waals surface area (Å²) in [6.45, 7) is 2.70. The number of halogens is 1. The van der Waals surface area contributed by atoms with E-state index in [0.29, 0.717) is 6.54 Å². The van der Waals surface area contributed by atoms with Crippen LogP contribution in [0.2, 0.25) is 0 Å². The molecule has 0 amide bonds. The van der Waals surface area contributed by atoms with Crippen LogP contribution < -0.4 is 5.32 Å². The van der Waals surface area contributed by atoms with E-state index in [1.54, 1.807) is 17.4 Å². The van der Waals surface area contributed by atoms with Gasteiger partial charge in [-0.3, -0.25) is 0 Å². The highest BCUT2D eigenvalue weighted by molar-refractivity contribution is 7.10. The number of phenols is 1. The topological polar surface area (TPSA) is 32.3 Å². The van der Waals surface area contributed by atoms with Crippen LogP contribution >= 0.6 is 11.3 Å². The zero-order valence-corrected chi connectivity index (χ0v) is 11.7. The van der Waals surface area contributed by atoms with E-state index in [2.05, 4.69) is 23.7 Å². The molecule has 1 atom stereocenters. The van der Waals surface area contributed by atoms with Crippen LogP contribution in [0.4, 0.5) is 4.39 Å². The molecule has 2 N–H and O–H groups in total. The number of hydrogen-bond acceptors (Lipinski definition) is 3. The Balaban J connectivity index is 2.02. The first-order chi connectivity index (χ1) is 9.19. The molecule has 2 rings (SSSR count). The minimum atomic E-state index is -0.403. The summed E-state index contributed by atoms with van der Waals surface area (Å²) >= 11 is 1.73. The third-order valence-electron chi connectivity index (χ3n) is 2.96. The molecule has 1 aromatic carbocycles. The molecule has 1 unspecified atom stereocenters. The predicted molar refractivity (Wildman–Crippen MR) is 76.9 cm³/mol. The van der Waals surface area contributed by atoms with E-state index in [4.69, 9.17) is 0 Å². The Labute approximate surface area is 116 Å². The summed E-state index contributed by atoms with van der Waals surface area (Å²) in [6, 6.07) is 8.60. The van der Waals surface area contributed by atoms with Crippen molar-refractivity contribution in [3.8, 4) is 5.75 Å². The largest absolute Gasteiger partial charge is 0.508 e. The van der Waals surface area contributed by atoms with E-state index in [1.807, 2.05) is 6.07 Å². The van der Waals surface area contributed by atoms with Crippen molar-refractivity contribution in [1.29, 1.82) is 0 Å². The smallest absolute Gasteiger partial charge is 0.127 e. The lowest BCUT2D eigenvalue weighted by molar-refractivity contribution is 0.464. The molecular formula is C15H18FNOS. The van der Waals surface area contributed by atoms with Gasteiger partial charge in [-0.1, -0.05) is 19.4 Å². The third kappa shape index (κ3) is 4.04.